The number of aliphatic carboxylic acids is 1. The van der Waals surface area contributed by atoms with Gasteiger partial charge in [-0.3, -0.25) is 4.79 Å². The molecule has 2 rings (SSSR count). The van der Waals surface area contributed by atoms with Gasteiger partial charge in [-0.05, 0) is 38.8 Å². The van der Waals surface area contributed by atoms with Gasteiger partial charge in [-0.15, -0.1) is 11.3 Å². The van der Waals surface area contributed by atoms with Crippen LogP contribution in [0.2, 0.25) is 0 Å². The third-order valence-electron chi connectivity index (χ3n) is 3.59. The van der Waals surface area contributed by atoms with E-state index < -0.39 is 11.9 Å². The van der Waals surface area contributed by atoms with Crippen molar-refractivity contribution in [1.29, 1.82) is 0 Å². The van der Waals surface area contributed by atoms with Gasteiger partial charge in [0.2, 0.25) is 0 Å². The Bertz CT molecular complexity index is 500. The summed E-state index contributed by atoms with van der Waals surface area (Å²) in [5.41, 5.74) is 0. The molecule has 2 amide bonds. The van der Waals surface area contributed by atoms with E-state index >= 15 is 0 Å². The lowest BCUT2D eigenvalue weighted by Gasteiger charge is -2.31. The maximum Gasteiger partial charge on any atom is 0.317 e. The highest BCUT2D eigenvalue weighted by Gasteiger charge is 2.28. The van der Waals surface area contributed by atoms with Crippen LogP contribution in [-0.4, -0.2) is 35.1 Å². The molecular weight excluding hydrogens is 276 g/mol. The zero-order chi connectivity index (χ0) is 14.7. The van der Waals surface area contributed by atoms with E-state index in [4.69, 9.17) is 5.11 Å². The molecule has 0 spiro atoms. The highest BCUT2D eigenvalue weighted by molar-refractivity contribution is 7.12. The molecule has 2 N–H and O–H groups in total. The average Bonchev–Trinajstić information content (AvgIpc) is 2.85. The number of thiophene rings is 1. The minimum Gasteiger partial charge on any atom is -0.481 e. The van der Waals surface area contributed by atoms with E-state index in [1.807, 2.05) is 26.0 Å². The average molecular weight is 296 g/mol. The van der Waals surface area contributed by atoms with Gasteiger partial charge in [-0.2, -0.15) is 0 Å². The molecule has 0 saturated carbocycles. The van der Waals surface area contributed by atoms with Crippen molar-refractivity contribution in [2.75, 3.05) is 13.1 Å². The van der Waals surface area contributed by atoms with E-state index in [1.54, 1.807) is 16.2 Å². The largest absolute Gasteiger partial charge is 0.481 e. The first-order chi connectivity index (χ1) is 9.47. The van der Waals surface area contributed by atoms with Crippen LogP contribution in [0.25, 0.3) is 0 Å². The number of hydrogen-bond acceptors (Lipinski definition) is 3. The standard InChI is InChI=1S/C14H20N2O3S/c1-9-5-6-12(20-9)10(2)15-14(19)16-7-3-4-11(8-16)13(17)18/h5-6,10-11H,3-4,7-8H2,1-2H3,(H,15,19)(H,17,18). The minimum atomic E-state index is -0.815. The number of aryl methyl sites for hydroxylation is 1. The van der Waals surface area contributed by atoms with E-state index in [0.717, 1.165) is 11.3 Å². The van der Waals surface area contributed by atoms with E-state index in [1.165, 1.54) is 4.88 Å². The van der Waals surface area contributed by atoms with Crippen LogP contribution in [-0.2, 0) is 4.79 Å². The zero-order valence-electron chi connectivity index (χ0n) is 11.8. The number of nitrogens with one attached hydrogen (secondary N) is 1. The van der Waals surface area contributed by atoms with Gasteiger partial charge in [-0.1, -0.05) is 0 Å². The first-order valence-corrected chi connectivity index (χ1v) is 7.63. The van der Waals surface area contributed by atoms with Crippen LogP contribution in [0.3, 0.4) is 0 Å². The van der Waals surface area contributed by atoms with Crippen LogP contribution in [0, 0.1) is 12.8 Å². The van der Waals surface area contributed by atoms with Crippen LogP contribution in [0.4, 0.5) is 4.79 Å². The van der Waals surface area contributed by atoms with Crippen LogP contribution in [0.1, 0.15) is 35.6 Å². The molecule has 110 valence electrons. The summed E-state index contributed by atoms with van der Waals surface area (Å²) >= 11 is 1.66. The van der Waals surface area contributed by atoms with Gasteiger partial charge >= 0.3 is 12.0 Å². The Kier molecular flexibility index (Phi) is 4.65. The third kappa shape index (κ3) is 3.50. The summed E-state index contributed by atoms with van der Waals surface area (Å²) in [5.74, 6) is -1.25. The lowest BCUT2D eigenvalue weighted by molar-refractivity contribution is -0.143. The molecule has 1 aromatic heterocycles. The van der Waals surface area contributed by atoms with E-state index in [2.05, 4.69) is 5.32 Å². The van der Waals surface area contributed by atoms with Crippen molar-refractivity contribution < 1.29 is 14.7 Å². The Balaban J connectivity index is 1.92. The second kappa shape index (κ2) is 6.26. The Labute approximate surface area is 122 Å². The smallest absolute Gasteiger partial charge is 0.317 e. The summed E-state index contributed by atoms with van der Waals surface area (Å²) < 4.78 is 0. The molecule has 1 aliphatic rings. The summed E-state index contributed by atoms with van der Waals surface area (Å²) in [6.45, 7) is 4.91. The maximum absolute atomic E-state index is 12.2. The van der Waals surface area contributed by atoms with E-state index in [-0.39, 0.29) is 12.1 Å². The van der Waals surface area contributed by atoms with Gasteiger partial charge in [-0.25, -0.2) is 4.79 Å². The predicted octanol–water partition coefficient (Wildman–Crippen LogP) is 2.62. The summed E-state index contributed by atoms with van der Waals surface area (Å²) in [4.78, 5) is 27.1. The van der Waals surface area contributed by atoms with Crippen molar-refractivity contribution in [2.24, 2.45) is 5.92 Å². The number of piperidine rings is 1. The third-order valence-corrected chi connectivity index (χ3v) is 4.77. The molecule has 0 aromatic carbocycles. The number of carbonyl (C=O) groups is 2. The van der Waals surface area contributed by atoms with Gasteiger partial charge in [0.05, 0.1) is 12.0 Å². The number of nitrogens with zero attached hydrogens (tertiary/aromatic N) is 1. The molecule has 5 nitrogen and oxygen atoms in total. The second-order valence-corrected chi connectivity index (χ2v) is 6.56. The van der Waals surface area contributed by atoms with Gasteiger partial charge in [0, 0.05) is 22.8 Å². The number of carboxylic acids is 1. The number of carbonyl (C=O) groups excluding carboxylic acids is 1. The van der Waals surface area contributed by atoms with Gasteiger partial charge < -0.3 is 15.3 Å². The molecule has 0 bridgehead atoms. The Morgan fingerprint density at radius 3 is 2.85 bits per heavy atom. The normalized spacial score (nSPS) is 20.5. The van der Waals surface area contributed by atoms with E-state index in [9.17, 15) is 9.59 Å². The Morgan fingerprint density at radius 1 is 1.50 bits per heavy atom. The summed E-state index contributed by atoms with van der Waals surface area (Å²) in [6.07, 6.45) is 1.40. The number of urea groups is 1. The molecule has 1 aliphatic heterocycles. The van der Waals surface area contributed by atoms with Crippen molar-refractivity contribution >= 4 is 23.3 Å². The van der Waals surface area contributed by atoms with Crippen LogP contribution in [0.15, 0.2) is 12.1 Å². The Morgan fingerprint density at radius 2 is 2.25 bits per heavy atom. The van der Waals surface area contributed by atoms with Crippen molar-refractivity contribution in [2.45, 2.75) is 32.7 Å². The van der Waals surface area contributed by atoms with Crippen molar-refractivity contribution in [3.8, 4) is 0 Å². The lowest BCUT2D eigenvalue weighted by atomic mass is 9.99. The lowest BCUT2D eigenvalue weighted by Crippen LogP contribution is -2.47. The second-order valence-electron chi connectivity index (χ2n) is 5.24. The molecule has 0 aliphatic carbocycles. The molecule has 0 radical (unpaired) electrons. The predicted molar refractivity (Wildman–Crippen MR) is 77.9 cm³/mol. The summed E-state index contributed by atoms with van der Waals surface area (Å²) in [7, 11) is 0. The number of carboxylic acid groups (broad SMARTS) is 1. The van der Waals surface area contributed by atoms with Gasteiger partial charge in [0.25, 0.3) is 0 Å². The molecule has 1 fully saturated rings. The summed E-state index contributed by atoms with van der Waals surface area (Å²) in [6, 6.07) is 3.83. The van der Waals surface area contributed by atoms with Crippen LogP contribution >= 0.6 is 11.3 Å². The fourth-order valence-electron chi connectivity index (χ4n) is 2.40. The number of amides is 2. The fraction of sp³-hybridized carbons (Fsp3) is 0.571. The van der Waals surface area contributed by atoms with E-state index in [0.29, 0.717) is 19.5 Å². The van der Waals surface area contributed by atoms with Crippen molar-refractivity contribution in [3.63, 3.8) is 0 Å². The summed E-state index contributed by atoms with van der Waals surface area (Å²) in [5, 5.41) is 12.0. The Hall–Kier alpha value is -1.56. The maximum atomic E-state index is 12.2. The minimum absolute atomic E-state index is 0.0496. The molecule has 20 heavy (non-hydrogen) atoms. The first kappa shape index (κ1) is 14.8. The highest BCUT2D eigenvalue weighted by atomic mass is 32.1. The first-order valence-electron chi connectivity index (χ1n) is 6.82. The topological polar surface area (TPSA) is 69.6 Å². The van der Waals surface area contributed by atoms with Crippen molar-refractivity contribution in [3.05, 3.63) is 21.9 Å². The van der Waals surface area contributed by atoms with Gasteiger partial charge in [0.1, 0.15) is 0 Å². The number of rotatable bonds is 3. The SMILES string of the molecule is Cc1ccc(C(C)NC(=O)N2CCCC(C(=O)O)C2)s1. The molecule has 1 aromatic rings. The van der Waals surface area contributed by atoms with Crippen LogP contribution in [0.5, 0.6) is 0 Å². The zero-order valence-corrected chi connectivity index (χ0v) is 12.6. The van der Waals surface area contributed by atoms with Crippen LogP contribution < -0.4 is 5.32 Å². The monoisotopic (exact) mass is 296 g/mol. The van der Waals surface area contributed by atoms with Gasteiger partial charge in [0.15, 0.2) is 0 Å². The molecule has 2 unspecified atom stereocenters. The van der Waals surface area contributed by atoms with Crippen molar-refractivity contribution in [1.82, 2.24) is 10.2 Å². The molecule has 1 saturated heterocycles. The highest BCUT2D eigenvalue weighted by Crippen LogP contribution is 2.23. The number of hydrogen-bond donors (Lipinski definition) is 2. The fourth-order valence-corrected chi connectivity index (χ4v) is 3.28. The quantitative estimate of drug-likeness (QED) is 0.901. The number of likely N-dealkylation sites (tertiary alicyclic amines) is 1. The molecule has 2 heterocycles. The molecular formula is C14H20N2O3S. The molecule has 2 atom stereocenters. The molecule has 6 heteroatoms.